The summed E-state index contributed by atoms with van der Waals surface area (Å²) in [6, 6.07) is 14.8. The van der Waals surface area contributed by atoms with Gasteiger partial charge in [0.25, 0.3) is 5.56 Å². The van der Waals surface area contributed by atoms with Gasteiger partial charge in [-0.3, -0.25) is 4.79 Å². The molecule has 1 unspecified atom stereocenters. The molecule has 0 spiro atoms. The fourth-order valence-electron chi connectivity index (χ4n) is 2.60. The lowest BCUT2D eigenvalue weighted by Crippen LogP contribution is -2.22. The first kappa shape index (κ1) is 14.4. The number of methoxy groups -OCH3 is 1. The number of ether oxygens (including phenoxy) is 1. The average Bonchev–Trinajstić information content (AvgIpc) is 2.53. The highest BCUT2D eigenvalue weighted by molar-refractivity contribution is 5.80. The highest BCUT2D eigenvalue weighted by Crippen LogP contribution is 2.23. The SMILES string of the molecule is COc1ccc2[nH]c(=O)c(C(N)c3cccc(C)c3)cc2c1. The summed E-state index contributed by atoms with van der Waals surface area (Å²) in [6.07, 6.45) is 0. The molecule has 1 aromatic heterocycles. The molecule has 0 saturated heterocycles. The van der Waals surface area contributed by atoms with E-state index in [4.69, 9.17) is 10.5 Å². The van der Waals surface area contributed by atoms with Gasteiger partial charge in [0, 0.05) is 16.5 Å². The second kappa shape index (κ2) is 5.66. The highest BCUT2D eigenvalue weighted by atomic mass is 16.5. The molecule has 1 heterocycles. The largest absolute Gasteiger partial charge is 0.497 e. The van der Waals surface area contributed by atoms with Gasteiger partial charge in [-0.15, -0.1) is 0 Å². The zero-order valence-electron chi connectivity index (χ0n) is 12.6. The molecule has 0 aliphatic heterocycles. The molecule has 1 atom stereocenters. The number of rotatable bonds is 3. The number of hydrogen-bond donors (Lipinski definition) is 2. The Morgan fingerprint density at radius 3 is 2.68 bits per heavy atom. The molecule has 112 valence electrons. The fourth-order valence-corrected chi connectivity index (χ4v) is 2.60. The Bertz CT molecular complexity index is 884. The Hall–Kier alpha value is -2.59. The van der Waals surface area contributed by atoms with Crippen molar-refractivity contribution in [3.8, 4) is 5.75 Å². The lowest BCUT2D eigenvalue weighted by Gasteiger charge is -2.13. The summed E-state index contributed by atoms with van der Waals surface area (Å²) in [5.74, 6) is 0.745. The summed E-state index contributed by atoms with van der Waals surface area (Å²) in [7, 11) is 1.62. The second-order valence-corrected chi connectivity index (χ2v) is 5.40. The fraction of sp³-hybridized carbons (Fsp3) is 0.167. The minimum absolute atomic E-state index is 0.160. The first-order valence-corrected chi connectivity index (χ1v) is 7.11. The van der Waals surface area contributed by atoms with E-state index in [1.165, 1.54) is 0 Å². The molecule has 0 fully saturated rings. The van der Waals surface area contributed by atoms with E-state index in [1.807, 2.05) is 55.5 Å². The number of nitrogens with one attached hydrogen (secondary N) is 1. The lowest BCUT2D eigenvalue weighted by atomic mass is 9.98. The maximum Gasteiger partial charge on any atom is 0.253 e. The van der Waals surface area contributed by atoms with Crippen molar-refractivity contribution in [1.29, 1.82) is 0 Å². The quantitative estimate of drug-likeness (QED) is 0.780. The van der Waals surface area contributed by atoms with Crippen LogP contribution in [0, 0.1) is 6.92 Å². The number of hydrogen-bond acceptors (Lipinski definition) is 3. The third kappa shape index (κ3) is 2.61. The van der Waals surface area contributed by atoms with Gasteiger partial charge in [-0.1, -0.05) is 29.8 Å². The summed E-state index contributed by atoms with van der Waals surface area (Å²) in [6.45, 7) is 2.01. The zero-order valence-corrected chi connectivity index (χ0v) is 12.6. The summed E-state index contributed by atoms with van der Waals surface area (Å²) < 4.78 is 5.23. The molecule has 0 aliphatic rings. The van der Waals surface area contributed by atoms with E-state index >= 15 is 0 Å². The van der Waals surface area contributed by atoms with E-state index in [1.54, 1.807) is 7.11 Å². The zero-order chi connectivity index (χ0) is 15.7. The van der Waals surface area contributed by atoms with E-state index in [2.05, 4.69) is 4.98 Å². The van der Waals surface area contributed by atoms with Crippen molar-refractivity contribution in [2.75, 3.05) is 7.11 Å². The van der Waals surface area contributed by atoms with Gasteiger partial charge in [0.15, 0.2) is 0 Å². The van der Waals surface area contributed by atoms with Crippen LogP contribution in [-0.4, -0.2) is 12.1 Å². The van der Waals surface area contributed by atoms with Gasteiger partial charge in [-0.05, 0) is 36.8 Å². The Morgan fingerprint density at radius 2 is 1.95 bits per heavy atom. The van der Waals surface area contributed by atoms with Crippen LogP contribution in [0.2, 0.25) is 0 Å². The van der Waals surface area contributed by atoms with Crippen molar-refractivity contribution in [2.24, 2.45) is 5.73 Å². The minimum Gasteiger partial charge on any atom is -0.497 e. The molecule has 0 aliphatic carbocycles. The number of aromatic nitrogens is 1. The Balaban J connectivity index is 2.13. The van der Waals surface area contributed by atoms with Crippen LogP contribution in [-0.2, 0) is 0 Å². The predicted octanol–water partition coefficient (Wildman–Crippen LogP) is 2.89. The van der Waals surface area contributed by atoms with Gasteiger partial charge in [-0.2, -0.15) is 0 Å². The van der Waals surface area contributed by atoms with Crippen LogP contribution in [0.1, 0.15) is 22.7 Å². The molecular weight excluding hydrogens is 276 g/mol. The number of nitrogens with two attached hydrogens (primary N) is 1. The lowest BCUT2D eigenvalue weighted by molar-refractivity contribution is 0.415. The van der Waals surface area contributed by atoms with Crippen LogP contribution in [0.3, 0.4) is 0 Å². The van der Waals surface area contributed by atoms with Crippen molar-refractivity contribution in [1.82, 2.24) is 4.98 Å². The van der Waals surface area contributed by atoms with Crippen molar-refractivity contribution in [2.45, 2.75) is 13.0 Å². The van der Waals surface area contributed by atoms with Crippen LogP contribution in [0.5, 0.6) is 5.75 Å². The van der Waals surface area contributed by atoms with Gasteiger partial charge >= 0.3 is 0 Å². The number of aromatic amines is 1. The van der Waals surface area contributed by atoms with Crippen molar-refractivity contribution in [3.63, 3.8) is 0 Å². The molecule has 2 aromatic carbocycles. The molecular formula is C18H18N2O2. The molecule has 3 rings (SSSR count). The molecule has 0 bridgehead atoms. The van der Waals surface area contributed by atoms with Crippen LogP contribution < -0.4 is 16.0 Å². The monoisotopic (exact) mass is 294 g/mol. The van der Waals surface area contributed by atoms with Crippen LogP contribution in [0.25, 0.3) is 10.9 Å². The van der Waals surface area contributed by atoms with E-state index in [0.717, 1.165) is 27.8 Å². The third-order valence-corrected chi connectivity index (χ3v) is 3.82. The smallest absolute Gasteiger partial charge is 0.253 e. The predicted molar refractivity (Wildman–Crippen MR) is 88.3 cm³/mol. The Morgan fingerprint density at radius 1 is 1.14 bits per heavy atom. The van der Waals surface area contributed by atoms with Crippen molar-refractivity contribution >= 4 is 10.9 Å². The molecule has 22 heavy (non-hydrogen) atoms. The number of benzene rings is 2. The van der Waals surface area contributed by atoms with Crippen LogP contribution in [0.15, 0.2) is 53.3 Å². The van der Waals surface area contributed by atoms with E-state index in [0.29, 0.717) is 5.56 Å². The maximum atomic E-state index is 12.3. The summed E-state index contributed by atoms with van der Waals surface area (Å²) in [4.78, 5) is 15.2. The third-order valence-electron chi connectivity index (χ3n) is 3.82. The van der Waals surface area contributed by atoms with Gasteiger partial charge in [0.2, 0.25) is 0 Å². The summed E-state index contributed by atoms with van der Waals surface area (Å²) in [5, 5.41) is 0.900. The summed E-state index contributed by atoms with van der Waals surface area (Å²) >= 11 is 0. The standard InChI is InChI=1S/C18H18N2O2/c1-11-4-3-5-12(8-11)17(19)15-10-13-9-14(22-2)6-7-16(13)20-18(15)21/h3-10,17H,19H2,1-2H3,(H,20,21). The van der Waals surface area contributed by atoms with Gasteiger partial charge in [-0.25, -0.2) is 0 Å². The van der Waals surface area contributed by atoms with E-state index < -0.39 is 6.04 Å². The first-order valence-electron chi connectivity index (χ1n) is 7.11. The molecule has 3 N–H and O–H groups in total. The van der Waals surface area contributed by atoms with Crippen molar-refractivity contribution < 1.29 is 4.74 Å². The van der Waals surface area contributed by atoms with Crippen LogP contribution in [0.4, 0.5) is 0 Å². The second-order valence-electron chi connectivity index (χ2n) is 5.40. The van der Waals surface area contributed by atoms with Gasteiger partial charge < -0.3 is 15.5 Å². The van der Waals surface area contributed by atoms with E-state index in [9.17, 15) is 4.79 Å². The van der Waals surface area contributed by atoms with Gasteiger partial charge in [0.1, 0.15) is 5.75 Å². The molecule has 4 nitrogen and oxygen atoms in total. The number of fused-ring (bicyclic) bond motifs is 1. The molecule has 0 saturated carbocycles. The van der Waals surface area contributed by atoms with E-state index in [-0.39, 0.29) is 5.56 Å². The van der Waals surface area contributed by atoms with Crippen LogP contribution >= 0.6 is 0 Å². The topological polar surface area (TPSA) is 68.1 Å². The summed E-state index contributed by atoms with van der Waals surface area (Å²) in [5.41, 5.74) is 9.49. The molecule has 4 heteroatoms. The highest BCUT2D eigenvalue weighted by Gasteiger charge is 2.14. The minimum atomic E-state index is -0.459. The normalized spacial score (nSPS) is 12.3. The number of H-pyrrole nitrogens is 1. The number of aryl methyl sites for hydroxylation is 1. The maximum absolute atomic E-state index is 12.3. The number of pyridine rings is 1. The van der Waals surface area contributed by atoms with Crippen molar-refractivity contribution in [3.05, 3.63) is 75.6 Å². The van der Waals surface area contributed by atoms with Gasteiger partial charge in [0.05, 0.1) is 13.2 Å². The molecule has 0 radical (unpaired) electrons. The average molecular weight is 294 g/mol. The molecule has 3 aromatic rings. The first-order chi connectivity index (χ1) is 10.6. The molecule has 0 amide bonds. The Labute approximate surface area is 128 Å². The Kier molecular flexibility index (Phi) is 3.69.